The van der Waals surface area contributed by atoms with Crippen LogP contribution in [-0.4, -0.2) is 0 Å². The van der Waals surface area contributed by atoms with Crippen LogP contribution in [0, 0.1) is 0 Å². The Morgan fingerprint density at radius 2 is 2.33 bits per heavy atom. The molecule has 2 nitrogen and oxygen atoms in total. The molecule has 1 aromatic heterocycles. The van der Waals surface area contributed by atoms with Gasteiger partial charge in [0.1, 0.15) is 5.76 Å². The Bertz CT molecular complexity index is 374. The van der Waals surface area contributed by atoms with E-state index in [0.29, 0.717) is 5.92 Å². The molecule has 0 spiro atoms. The maximum atomic E-state index is 10.9. The van der Waals surface area contributed by atoms with Gasteiger partial charge >= 0.3 is 5.63 Å². The van der Waals surface area contributed by atoms with Gasteiger partial charge in [0, 0.05) is 17.5 Å². The van der Waals surface area contributed by atoms with Gasteiger partial charge in [-0.25, -0.2) is 4.79 Å². The van der Waals surface area contributed by atoms with Crippen LogP contribution >= 0.6 is 0 Å². The summed E-state index contributed by atoms with van der Waals surface area (Å²) in [5.41, 5.74) is 0.782. The largest absolute Gasteiger partial charge is 0.427 e. The topological polar surface area (TPSA) is 30.2 Å². The molecule has 0 aliphatic heterocycles. The van der Waals surface area contributed by atoms with Crippen molar-refractivity contribution in [1.29, 1.82) is 0 Å². The average Bonchev–Trinajstić information content (AvgIpc) is 2.07. The van der Waals surface area contributed by atoms with Gasteiger partial charge in [0.05, 0.1) is 0 Å². The standard InChI is InChI=1S/C10H10O2/c1-7-3-2-4-8-5-6-9(11)12-10(7)8/h2,4-7H,3H2,1H3/t7-/m0/s1. The molecule has 12 heavy (non-hydrogen) atoms. The molecule has 1 aromatic rings. The Hall–Kier alpha value is -1.31. The maximum absolute atomic E-state index is 10.9. The van der Waals surface area contributed by atoms with Crippen molar-refractivity contribution in [1.82, 2.24) is 0 Å². The van der Waals surface area contributed by atoms with Gasteiger partial charge in [0.2, 0.25) is 0 Å². The Morgan fingerprint density at radius 1 is 1.50 bits per heavy atom. The van der Waals surface area contributed by atoms with Gasteiger partial charge in [-0.15, -0.1) is 0 Å². The highest BCUT2D eigenvalue weighted by molar-refractivity contribution is 5.54. The molecule has 1 aliphatic carbocycles. The van der Waals surface area contributed by atoms with Gasteiger partial charge in [-0.2, -0.15) is 0 Å². The van der Waals surface area contributed by atoms with Crippen molar-refractivity contribution >= 4 is 6.08 Å². The SMILES string of the molecule is C[C@H]1CC=Cc2ccc(=O)oc21. The first kappa shape index (κ1) is 7.35. The van der Waals surface area contributed by atoms with Gasteiger partial charge in [-0.1, -0.05) is 19.1 Å². The van der Waals surface area contributed by atoms with E-state index in [1.165, 1.54) is 6.07 Å². The van der Waals surface area contributed by atoms with Gasteiger partial charge in [0.15, 0.2) is 0 Å². The second-order valence-electron chi connectivity index (χ2n) is 3.11. The fraction of sp³-hybridized carbons (Fsp3) is 0.300. The Labute approximate surface area is 70.5 Å². The van der Waals surface area contributed by atoms with Crippen LogP contribution in [0.2, 0.25) is 0 Å². The number of hydrogen-bond acceptors (Lipinski definition) is 2. The van der Waals surface area contributed by atoms with E-state index in [9.17, 15) is 4.79 Å². The van der Waals surface area contributed by atoms with Gasteiger partial charge in [-0.3, -0.25) is 0 Å². The molecule has 2 heteroatoms. The lowest BCUT2D eigenvalue weighted by atomic mass is 9.95. The third kappa shape index (κ3) is 1.09. The van der Waals surface area contributed by atoms with E-state index in [0.717, 1.165) is 17.7 Å². The first-order chi connectivity index (χ1) is 5.77. The molecule has 0 amide bonds. The van der Waals surface area contributed by atoms with Crippen LogP contribution in [0.15, 0.2) is 27.4 Å². The van der Waals surface area contributed by atoms with Crippen molar-refractivity contribution in [2.75, 3.05) is 0 Å². The maximum Gasteiger partial charge on any atom is 0.335 e. The lowest BCUT2D eigenvalue weighted by molar-refractivity contribution is 0.428. The van der Waals surface area contributed by atoms with E-state index in [2.05, 4.69) is 13.0 Å². The van der Waals surface area contributed by atoms with Crippen LogP contribution in [0.4, 0.5) is 0 Å². The molecule has 0 bridgehead atoms. The molecular formula is C10H10O2. The second kappa shape index (κ2) is 2.63. The summed E-state index contributed by atoms with van der Waals surface area (Å²) in [4.78, 5) is 10.9. The highest BCUT2D eigenvalue weighted by Gasteiger charge is 2.14. The van der Waals surface area contributed by atoms with Gasteiger partial charge in [-0.05, 0) is 12.5 Å². The molecule has 2 rings (SSSR count). The zero-order valence-corrected chi connectivity index (χ0v) is 6.91. The summed E-state index contributed by atoms with van der Waals surface area (Å²) in [6.07, 6.45) is 5.06. The first-order valence-corrected chi connectivity index (χ1v) is 4.08. The molecule has 0 unspecified atom stereocenters. The van der Waals surface area contributed by atoms with Gasteiger partial charge < -0.3 is 4.42 Å². The number of allylic oxidation sites excluding steroid dienone is 1. The van der Waals surface area contributed by atoms with Crippen LogP contribution in [0.5, 0.6) is 0 Å². The molecule has 0 aromatic carbocycles. The third-order valence-electron chi connectivity index (χ3n) is 2.13. The molecule has 1 atom stereocenters. The van der Waals surface area contributed by atoms with Crippen LogP contribution in [-0.2, 0) is 0 Å². The van der Waals surface area contributed by atoms with Gasteiger partial charge in [0.25, 0.3) is 0 Å². The molecule has 1 heterocycles. The average molecular weight is 162 g/mol. The highest BCUT2D eigenvalue weighted by atomic mass is 16.4. The molecule has 1 aliphatic rings. The Morgan fingerprint density at radius 3 is 3.17 bits per heavy atom. The molecule has 0 saturated heterocycles. The number of hydrogen-bond donors (Lipinski definition) is 0. The fourth-order valence-corrected chi connectivity index (χ4v) is 1.47. The molecule has 0 N–H and O–H groups in total. The minimum atomic E-state index is -0.254. The second-order valence-corrected chi connectivity index (χ2v) is 3.11. The minimum Gasteiger partial charge on any atom is -0.427 e. The van der Waals surface area contributed by atoms with E-state index in [1.54, 1.807) is 0 Å². The van der Waals surface area contributed by atoms with Crippen molar-refractivity contribution in [3.8, 4) is 0 Å². The van der Waals surface area contributed by atoms with E-state index in [4.69, 9.17) is 4.42 Å². The summed E-state index contributed by atoms with van der Waals surface area (Å²) in [5.74, 6) is 1.16. The van der Waals surface area contributed by atoms with E-state index in [-0.39, 0.29) is 5.63 Å². The predicted octanol–water partition coefficient (Wildman–Crippen LogP) is 2.16. The van der Waals surface area contributed by atoms with E-state index >= 15 is 0 Å². The Balaban J connectivity index is 2.63. The van der Waals surface area contributed by atoms with Crippen LogP contribution < -0.4 is 5.63 Å². The summed E-state index contributed by atoms with van der Waals surface area (Å²) < 4.78 is 5.11. The predicted molar refractivity (Wildman–Crippen MR) is 47.0 cm³/mol. The van der Waals surface area contributed by atoms with Crippen LogP contribution in [0.3, 0.4) is 0 Å². The third-order valence-corrected chi connectivity index (χ3v) is 2.13. The summed E-state index contributed by atoms with van der Waals surface area (Å²) in [7, 11) is 0. The summed E-state index contributed by atoms with van der Waals surface area (Å²) >= 11 is 0. The van der Waals surface area contributed by atoms with E-state index < -0.39 is 0 Å². The smallest absolute Gasteiger partial charge is 0.335 e. The van der Waals surface area contributed by atoms with E-state index in [1.807, 2.05) is 12.1 Å². The molecular weight excluding hydrogens is 152 g/mol. The monoisotopic (exact) mass is 162 g/mol. The van der Waals surface area contributed by atoms with Crippen LogP contribution in [0.1, 0.15) is 30.6 Å². The summed E-state index contributed by atoms with van der Waals surface area (Å²) in [6, 6.07) is 3.27. The fourth-order valence-electron chi connectivity index (χ4n) is 1.47. The normalized spacial score (nSPS) is 20.6. The van der Waals surface area contributed by atoms with Crippen molar-refractivity contribution in [2.45, 2.75) is 19.3 Å². The quantitative estimate of drug-likeness (QED) is 0.585. The lowest BCUT2D eigenvalue weighted by Gasteiger charge is -2.14. The van der Waals surface area contributed by atoms with Crippen molar-refractivity contribution in [3.63, 3.8) is 0 Å². The Kier molecular flexibility index (Phi) is 1.61. The zero-order chi connectivity index (χ0) is 8.55. The molecule has 0 saturated carbocycles. The highest BCUT2D eigenvalue weighted by Crippen LogP contribution is 2.27. The number of fused-ring (bicyclic) bond motifs is 1. The summed E-state index contributed by atoms with van der Waals surface area (Å²) in [5, 5.41) is 0. The lowest BCUT2D eigenvalue weighted by Crippen LogP contribution is -2.06. The molecule has 62 valence electrons. The van der Waals surface area contributed by atoms with Crippen molar-refractivity contribution in [2.24, 2.45) is 0 Å². The van der Waals surface area contributed by atoms with Crippen LogP contribution in [0.25, 0.3) is 6.08 Å². The van der Waals surface area contributed by atoms with Crippen molar-refractivity contribution in [3.05, 3.63) is 40.0 Å². The van der Waals surface area contributed by atoms with Crippen molar-refractivity contribution < 1.29 is 4.42 Å². The molecule has 0 radical (unpaired) electrons. The molecule has 0 fully saturated rings. The first-order valence-electron chi connectivity index (χ1n) is 4.08. The summed E-state index contributed by atoms with van der Waals surface area (Å²) in [6.45, 7) is 2.06. The number of rotatable bonds is 0. The minimum absolute atomic E-state index is 0.254. The zero-order valence-electron chi connectivity index (χ0n) is 6.91.